The summed E-state index contributed by atoms with van der Waals surface area (Å²) in [6.45, 7) is 0.561. The highest BCUT2D eigenvalue weighted by Gasteiger charge is 2.56. The molecule has 3 aromatic heterocycles. The first-order valence-corrected chi connectivity index (χ1v) is 11.4. The van der Waals surface area contributed by atoms with Crippen molar-refractivity contribution in [2.45, 2.75) is 44.2 Å². The van der Waals surface area contributed by atoms with Gasteiger partial charge in [0.1, 0.15) is 24.3 Å². The summed E-state index contributed by atoms with van der Waals surface area (Å²) in [5, 5.41) is 10.6. The number of rotatable bonds is 4. The number of aromatic nitrogens is 5. The number of hydrogen-bond donors (Lipinski definition) is 3. The van der Waals surface area contributed by atoms with E-state index in [1.165, 1.54) is 10.9 Å². The zero-order chi connectivity index (χ0) is 23.4. The molecule has 1 unspecified atom stereocenters. The van der Waals surface area contributed by atoms with Gasteiger partial charge in [0.2, 0.25) is 5.95 Å². The van der Waals surface area contributed by atoms with Crippen LogP contribution in [0.15, 0.2) is 24.7 Å². The summed E-state index contributed by atoms with van der Waals surface area (Å²) in [4.78, 5) is 16.1. The van der Waals surface area contributed by atoms with E-state index in [4.69, 9.17) is 29.8 Å². The number of phosphoric ester groups is 1. The van der Waals surface area contributed by atoms with E-state index in [1.807, 2.05) is 0 Å². The summed E-state index contributed by atoms with van der Waals surface area (Å²) in [5.74, 6) is -0.108. The third-order valence-electron chi connectivity index (χ3n) is 5.55. The summed E-state index contributed by atoms with van der Waals surface area (Å²) in [5.41, 5.74) is 10.8. The van der Waals surface area contributed by atoms with Crippen molar-refractivity contribution >= 4 is 30.8 Å². The molecule has 1 fully saturated rings. The van der Waals surface area contributed by atoms with E-state index in [-0.39, 0.29) is 36.1 Å². The Bertz CT molecular complexity index is 1230. The number of fused-ring (bicyclic) bond motifs is 2. The summed E-state index contributed by atoms with van der Waals surface area (Å²) < 4.78 is 51.5. The van der Waals surface area contributed by atoms with E-state index in [1.54, 1.807) is 18.3 Å². The normalized spacial score (nSPS) is 32.0. The second-order valence-electron chi connectivity index (χ2n) is 7.81. The van der Waals surface area contributed by atoms with Crippen molar-refractivity contribution in [2.24, 2.45) is 0 Å². The van der Waals surface area contributed by atoms with E-state index < -0.39 is 38.5 Å². The molecule has 2 aliphatic heterocycles. The predicted molar refractivity (Wildman–Crippen MR) is 111 cm³/mol. The maximum absolute atomic E-state index is 15.6. The van der Waals surface area contributed by atoms with Gasteiger partial charge in [-0.3, -0.25) is 23.1 Å². The standard InChI is InChI=1S/C18H21FN7O6P/c1-18(19)13(27)11(7-31-33(28)29-5-9-3-2-4-22-10(9)6-30-33)32-16(18)26-8-23-12-14(20)24-17(21)25-15(12)26/h2-4,8,11,13,16,27H,5-7H2,1H3,(H4,20,21,24,25)/t11-,13+,16-,18+,33?/m1/s1. The minimum atomic E-state index is -4.02. The number of aliphatic hydroxyl groups is 1. The van der Waals surface area contributed by atoms with Crippen molar-refractivity contribution in [3.05, 3.63) is 35.9 Å². The van der Waals surface area contributed by atoms with Crippen LogP contribution in [0, 0.1) is 0 Å². The van der Waals surface area contributed by atoms with Gasteiger partial charge >= 0.3 is 7.82 Å². The Labute approximate surface area is 186 Å². The highest BCUT2D eigenvalue weighted by Crippen LogP contribution is 2.53. The molecule has 176 valence electrons. The van der Waals surface area contributed by atoms with Gasteiger partial charge in [-0.15, -0.1) is 0 Å². The Morgan fingerprint density at radius 1 is 1.33 bits per heavy atom. The SMILES string of the molecule is C[C@]1(F)[C@@H](O)[C@@H](COP2(=O)OCc3cccnc3CO2)O[C@H]1n1cnc2c(N)nc(N)nc21. The van der Waals surface area contributed by atoms with Crippen molar-refractivity contribution < 1.29 is 32.4 Å². The number of nitrogens with zero attached hydrogens (tertiary/aromatic N) is 5. The molecule has 5 N–H and O–H groups in total. The van der Waals surface area contributed by atoms with E-state index in [0.717, 1.165) is 6.92 Å². The summed E-state index contributed by atoms with van der Waals surface area (Å²) in [7, 11) is -4.02. The van der Waals surface area contributed by atoms with E-state index in [9.17, 15) is 9.67 Å². The van der Waals surface area contributed by atoms with Crippen LogP contribution in [0.25, 0.3) is 11.2 Å². The zero-order valence-corrected chi connectivity index (χ0v) is 18.3. The Hall–Kier alpha value is -2.74. The smallest absolute Gasteiger partial charge is 0.387 e. The maximum Gasteiger partial charge on any atom is 0.475 e. The number of alkyl halides is 1. The fourth-order valence-electron chi connectivity index (χ4n) is 3.78. The minimum Gasteiger partial charge on any atom is -0.387 e. The van der Waals surface area contributed by atoms with Gasteiger partial charge in [-0.2, -0.15) is 9.97 Å². The molecule has 5 atom stereocenters. The molecule has 1 saturated heterocycles. The van der Waals surface area contributed by atoms with Gasteiger partial charge in [-0.1, -0.05) is 6.07 Å². The Kier molecular flexibility index (Phi) is 5.31. The highest BCUT2D eigenvalue weighted by molar-refractivity contribution is 7.48. The number of aliphatic hydroxyl groups excluding tert-OH is 1. The molecular formula is C18H21FN7O6P. The Balaban J connectivity index is 1.34. The lowest BCUT2D eigenvalue weighted by atomic mass is 9.98. The minimum absolute atomic E-state index is 0.0199. The number of halogens is 1. The van der Waals surface area contributed by atoms with E-state index in [0.29, 0.717) is 11.3 Å². The molecule has 15 heteroatoms. The van der Waals surface area contributed by atoms with E-state index >= 15 is 4.39 Å². The monoisotopic (exact) mass is 481 g/mol. The Morgan fingerprint density at radius 2 is 2.12 bits per heavy atom. The second kappa shape index (κ2) is 7.94. The lowest BCUT2D eigenvalue weighted by molar-refractivity contribution is -0.0578. The van der Waals surface area contributed by atoms with Crippen LogP contribution < -0.4 is 11.5 Å². The van der Waals surface area contributed by atoms with Gasteiger partial charge in [-0.25, -0.2) is 13.9 Å². The van der Waals surface area contributed by atoms with Gasteiger partial charge < -0.3 is 21.3 Å². The van der Waals surface area contributed by atoms with Crippen LogP contribution in [0.1, 0.15) is 24.4 Å². The van der Waals surface area contributed by atoms with Crippen LogP contribution in [0.4, 0.5) is 16.2 Å². The molecule has 0 radical (unpaired) electrons. The molecule has 0 amide bonds. The lowest BCUT2D eigenvalue weighted by Crippen LogP contribution is -2.40. The van der Waals surface area contributed by atoms with Crippen LogP contribution in [0.5, 0.6) is 0 Å². The fourth-order valence-corrected chi connectivity index (χ4v) is 4.91. The third kappa shape index (κ3) is 3.84. The first kappa shape index (κ1) is 22.1. The average Bonchev–Trinajstić information content (AvgIpc) is 3.22. The molecule has 0 aromatic carbocycles. The zero-order valence-electron chi connectivity index (χ0n) is 17.4. The highest BCUT2D eigenvalue weighted by atomic mass is 31.2. The van der Waals surface area contributed by atoms with Crippen LogP contribution in [0.2, 0.25) is 0 Å². The largest absolute Gasteiger partial charge is 0.475 e. The lowest BCUT2D eigenvalue weighted by Gasteiger charge is -2.24. The van der Waals surface area contributed by atoms with Crippen molar-refractivity contribution in [1.82, 2.24) is 24.5 Å². The first-order valence-electron chi connectivity index (χ1n) is 9.92. The van der Waals surface area contributed by atoms with Gasteiger partial charge in [0.25, 0.3) is 0 Å². The molecule has 2 aliphatic rings. The van der Waals surface area contributed by atoms with Crippen LogP contribution in [-0.4, -0.2) is 54.1 Å². The molecular weight excluding hydrogens is 460 g/mol. The molecule has 33 heavy (non-hydrogen) atoms. The van der Waals surface area contributed by atoms with Gasteiger partial charge in [0, 0.05) is 11.8 Å². The molecule has 13 nitrogen and oxygen atoms in total. The van der Waals surface area contributed by atoms with Crippen molar-refractivity contribution in [3.63, 3.8) is 0 Å². The summed E-state index contributed by atoms with van der Waals surface area (Å²) in [6, 6.07) is 3.49. The van der Waals surface area contributed by atoms with E-state index in [2.05, 4.69) is 19.9 Å². The van der Waals surface area contributed by atoms with Crippen molar-refractivity contribution in [1.29, 1.82) is 0 Å². The number of phosphoric acid groups is 1. The van der Waals surface area contributed by atoms with Crippen molar-refractivity contribution in [3.8, 4) is 0 Å². The number of ether oxygens (including phenoxy) is 1. The number of nitrogens with two attached hydrogens (primary N) is 2. The maximum atomic E-state index is 15.6. The first-order chi connectivity index (χ1) is 15.7. The number of hydrogen-bond acceptors (Lipinski definition) is 12. The fraction of sp³-hybridized carbons (Fsp3) is 0.444. The molecule has 0 spiro atoms. The molecule has 5 heterocycles. The van der Waals surface area contributed by atoms with Crippen molar-refractivity contribution in [2.75, 3.05) is 18.1 Å². The number of nitrogen functional groups attached to an aromatic ring is 2. The Morgan fingerprint density at radius 3 is 2.94 bits per heavy atom. The number of anilines is 2. The van der Waals surface area contributed by atoms with Gasteiger partial charge in [-0.05, 0) is 13.0 Å². The quantitative estimate of drug-likeness (QED) is 0.454. The molecule has 0 bridgehead atoms. The van der Waals surface area contributed by atoms with Crippen LogP contribution in [-0.2, 0) is 36.1 Å². The topological polar surface area (TPSA) is 183 Å². The number of pyridine rings is 1. The number of imidazole rings is 1. The summed E-state index contributed by atoms with van der Waals surface area (Å²) >= 11 is 0. The molecule has 3 aromatic rings. The molecule has 0 saturated carbocycles. The third-order valence-corrected chi connectivity index (χ3v) is 6.91. The van der Waals surface area contributed by atoms with Gasteiger partial charge in [0.15, 0.2) is 23.4 Å². The second-order valence-corrected chi connectivity index (χ2v) is 9.48. The average molecular weight is 481 g/mol. The van der Waals surface area contributed by atoms with Crippen LogP contribution >= 0.6 is 7.82 Å². The van der Waals surface area contributed by atoms with Crippen LogP contribution in [0.3, 0.4) is 0 Å². The molecule has 5 rings (SSSR count). The predicted octanol–water partition coefficient (Wildman–Crippen LogP) is 1.24. The van der Waals surface area contributed by atoms with Gasteiger partial charge in [0.05, 0.1) is 25.2 Å². The molecule has 0 aliphatic carbocycles. The summed E-state index contributed by atoms with van der Waals surface area (Å²) in [6.07, 6.45) is -1.37.